The van der Waals surface area contributed by atoms with E-state index in [1.54, 1.807) is 18.6 Å². The molecule has 10 nitrogen and oxygen atoms in total. The summed E-state index contributed by atoms with van der Waals surface area (Å²) in [7, 11) is 0. The lowest BCUT2D eigenvalue weighted by Crippen LogP contribution is -2.27. The van der Waals surface area contributed by atoms with Gasteiger partial charge in [0.2, 0.25) is 5.91 Å². The van der Waals surface area contributed by atoms with Crippen molar-refractivity contribution in [2.45, 2.75) is 65.6 Å². The molecule has 0 fully saturated rings. The van der Waals surface area contributed by atoms with Gasteiger partial charge in [-0.15, -0.1) is 0 Å². The van der Waals surface area contributed by atoms with Crippen molar-refractivity contribution >= 4 is 45.5 Å². The molecule has 0 aliphatic rings. The van der Waals surface area contributed by atoms with Crippen LogP contribution in [0.3, 0.4) is 0 Å². The number of pyridine rings is 2. The van der Waals surface area contributed by atoms with Crippen molar-refractivity contribution < 1.29 is 14.7 Å². The van der Waals surface area contributed by atoms with E-state index in [0.29, 0.717) is 37.4 Å². The highest BCUT2D eigenvalue weighted by Gasteiger charge is 2.16. The summed E-state index contributed by atoms with van der Waals surface area (Å²) in [4.78, 5) is 41.2. The first-order valence-corrected chi connectivity index (χ1v) is 18.0. The number of aliphatic carboxylic acids is 1. The minimum Gasteiger partial charge on any atom is -0.481 e. The van der Waals surface area contributed by atoms with E-state index >= 15 is 0 Å². The monoisotopic (exact) mass is 727 g/mol. The number of aromatic nitrogens is 6. The molecule has 0 saturated carbocycles. The Bertz CT molecular complexity index is 2320. The molecule has 4 heterocycles. The molecule has 270 valence electrons. The highest BCUT2D eigenvalue weighted by molar-refractivity contribution is 6.30. The standard InChI is InChI=1S/C25H25ClN4O.C17H17N3O2/c1-17-3-5-19(6-4-17)16-30-23-15-27-14-13-22(23)29-24(30)11-12-25(31)28-18(2)20-7-9-21(26)10-8-20;1-12-2-4-13(5-3-12)11-20-15-10-18-9-8-14(15)19-16(20)6-7-17(21)22/h3-10,13-15,18H,11-12,16H2,1-2H3,(H,28,31);2-5,8-10H,6-7,11H2,1H3,(H,21,22)/t18-;/m0./s1. The van der Waals surface area contributed by atoms with E-state index in [-0.39, 0.29) is 18.4 Å². The Hall–Kier alpha value is -5.87. The molecule has 53 heavy (non-hydrogen) atoms. The minimum atomic E-state index is -0.813. The zero-order valence-corrected chi connectivity index (χ0v) is 30.8. The fourth-order valence-electron chi connectivity index (χ4n) is 6.12. The molecule has 3 aromatic carbocycles. The van der Waals surface area contributed by atoms with Gasteiger partial charge < -0.3 is 19.6 Å². The molecule has 2 N–H and O–H groups in total. The molecule has 1 amide bonds. The second-order valence-corrected chi connectivity index (χ2v) is 13.6. The molecule has 0 spiro atoms. The molecule has 1 atom stereocenters. The van der Waals surface area contributed by atoms with Crippen LogP contribution < -0.4 is 5.32 Å². The Morgan fingerprint density at radius 2 is 1.17 bits per heavy atom. The lowest BCUT2D eigenvalue weighted by Gasteiger charge is -2.15. The number of rotatable bonds is 12. The van der Waals surface area contributed by atoms with Crippen LogP contribution in [0.15, 0.2) is 110 Å². The van der Waals surface area contributed by atoms with E-state index in [4.69, 9.17) is 21.7 Å². The zero-order chi connectivity index (χ0) is 37.3. The number of nitrogens with one attached hydrogen (secondary N) is 1. The summed E-state index contributed by atoms with van der Waals surface area (Å²) in [6, 6.07) is 28.0. The van der Waals surface area contributed by atoms with Gasteiger partial charge in [0.05, 0.1) is 46.9 Å². The lowest BCUT2D eigenvalue weighted by molar-refractivity contribution is -0.137. The summed E-state index contributed by atoms with van der Waals surface area (Å²) in [6.45, 7) is 7.46. The Morgan fingerprint density at radius 1 is 0.698 bits per heavy atom. The van der Waals surface area contributed by atoms with Gasteiger partial charge in [-0.3, -0.25) is 19.6 Å². The quantitative estimate of drug-likeness (QED) is 0.130. The van der Waals surface area contributed by atoms with E-state index < -0.39 is 5.97 Å². The number of fused-ring (bicyclic) bond motifs is 2. The number of carboxylic acids is 1. The van der Waals surface area contributed by atoms with Gasteiger partial charge in [-0.2, -0.15) is 0 Å². The van der Waals surface area contributed by atoms with Crippen molar-refractivity contribution in [1.82, 2.24) is 34.4 Å². The van der Waals surface area contributed by atoms with Gasteiger partial charge in [0.25, 0.3) is 0 Å². The highest BCUT2D eigenvalue weighted by Crippen LogP contribution is 2.21. The summed E-state index contributed by atoms with van der Waals surface area (Å²) in [5.74, 6) is 0.852. The molecule has 11 heteroatoms. The number of benzene rings is 3. The van der Waals surface area contributed by atoms with Crippen LogP contribution in [0.1, 0.15) is 65.3 Å². The number of hydrogen-bond acceptors (Lipinski definition) is 6. The van der Waals surface area contributed by atoms with Crippen LogP contribution in [-0.4, -0.2) is 46.1 Å². The number of halogens is 1. The summed E-state index contributed by atoms with van der Waals surface area (Å²) in [5, 5.41) is 12.7. The third kappa shape index (κ3) is 9.72. The summed E-state index contributed by atoms with van der Waals surface area (Å²) in [5.41, 5.74) is 9.47. The van der Waals surface area contributed by atoms with Crippen LogP contribution >= 0.6 is 11.6 Å². The molecule has 7 aromatic rings. The average Bonchev–Trinajstić information content (AvgIpc) is 3.69. The fraction of sp³-hybridized carbons (Fsp3) is 0.238. The number of imidazole rings is 2. The Kier molecular flexibility index (Phi) is 11.9. The number of hydrogen-bond donors (Lipinski definition) is 2. The molecule has 0 bridgehead atoms. The van der Waals surface area contributed by atoms with Crippen molar-refractivity contribution in [1.29, 1.82) is 0 Å². The molecule has 0 aliphatic carbocycles. The maximum atomic E-state index is 12.6. The van der Waals surface area contributed by atoms with Gasteiger partial charge in [-0.05, 0) is 61.7 Å². The first-order chi connectivity index (χ1) is 25.6. The Labute approximate surface area is 313 Å². The highest BCUT2D eigenvalue weighted by atomic mass is 35.5. The summed E-state index contributed by atoms with van der Waals surface area (Å²) in [6.07, 6.45) is 8.47. The van der Waals surface area contributed by atoms with Gasteiger partial charge in [0, 0.05) is 49.8 Å². The Morgan fingerprint density at radius 3 is 1.64 bits per heavy atom. The van der Waals surface area contributed by atoms with Gasteiger partial charge >= 0.3 is 5.97 Å². The number of carbonyl (C=O) groups excluding carboxylic acids is 1. The lowest BCUT2D eigenvalue weighted by atomic mass is 10.1. The van der Waals surface area contributed by atoms with Crippen molar-refractivity contribution in [3.05, 3.63) is 154 Å². The van der Waals surface area contributed by atoms with Crippen molar-refractivity contribution in [3.63, 3.8) is 0 Å². The SMILES string of the molecule is Cc1ccc(Cn2c(CCC(=O)N[C@@H](C)c3ccc(Cl)cc3)nc3ccncc32)cc1.Cc1ccc(Cn2c(CCC(=O)O)nc3ccncc32)cc1. The second-order valence-electron chi connectivity index (χ2n) is 13.2. The number of aryl methyl sites for hydroxylation is 4. The predicted octanol–water partition coefficient (Wildman–Crippen LogP) is 8.06. The fourth-order valence-corrected chi connectivity index (χ4v) is 6.24. The average molecular weight is 728 g/mol. The maximum Gasteiger partial charge on any atom is 0.303 e. The van der Waals surface area contributed by atoms with Gasteiger partial charge in [0.1, 0.15) is 11.6 Å². The van der Waals surface area contributed by atoms with Crippen LogP contribution in [0.5, 0.6) is 0 Å². The molecular weight excluding hydrogens is 686 g/mol. The van der Waals surface area contributed by atoms with E-state index in [1.165, 1.54) is 16.7 Å². The number of carboxylic acid groups (broad SMARTS) is 1. The first-order valence-electron chi connectivity index (χ1n) is 17.6. The maximum absolute atomic E-state index is 12.6. The normalized spacial score (nSPS) is 11.6. The second kappa shape index (κ2) is 17.1. The molecule has 0 saturated heterocycles. The van der Waals surface area contributed by atoms with Crippen molar-refractivity contribution in [2.75, 3.05) is 0 Å². The predicted molar refractivity (Wildman–Crippen MR) is 208 cm³/mol. The number of amides is 1. The number of carbonyl (C=O) groups is 2. The van der Waals surface area contributed by atoms with E-state index in [0.717, 1.165) is 44.8 Å². The zero-order valence-electron chi connectivity index (χ0n) is 30.0. The van der Waals surface area contributed by atoms with Crippen molar-refractivity contribution in [2.24, 2.45) is 0 Å². The van der Waals surface area contributed by atoms with Gasteiger partial charge in [-0.25, -0.2) is 9.97 Å². The molecule has 7 rings (SSSR count). The summed E-state index contributed by atoms with van der Waals surface area (Å²) < 4.78 is 4.21. The van der Waals surface area contributed by atoms with E-state index in [1.807, 2.05) is 49.5 Å². The van der Waals surface area contributed by atoms with Crippen LogP contribution in [0, 0.1) is 13.8 Å². The number of nitrogens with zero attached hydrogens (tertiary/aromatic N) is 6. The minimum absolute atomic E-state index is 0.00508. The van der Waals surface area contributed by atoms with E-state index in [2.05, 4.69) is 91.8 Å². The van der Waals surface area contributed by atoms with E-state index in [9.17, 15) is 9.59 Å². The molecular formula is C42H42ClN7O3. The largest absolute Gasteiger partial charge is 0.481 e. The third-order valence-electron chi connectivity index (χ3n) is 9.07. The molecule has 0 radical (unpaired) electrons. The first kappa shape index (κ1) is 36.9. The molecule has 0 aliphatic heterocycles. The third-order valence-corrected chi connectivity index (χ3v) is 9.32. The van der Waals surface area contributed by atoms with Crippen LogP contribution in [-0.2, 0) is 35.5 Å². The van der Waals surface area contributed by atoms with Crippen LogP contribution in [0.2, 0.25) is 5.02 Å². The molecule has 0 unspecified atom stereocenters. The van der Waals surface area contributed by atoms with Crippen LogP contribution in [0.25, 0.3) is 22.1 Å². The molecule has 4 aromatic heterocycles. The topological polar surface area (TPSA) is 128 Å². The Balaban J connectivity index is 0.000000192. The van der Waals surface area contributed by atoms with Crippen LogP contribution in [0.4, 0.5) is 0 Å². The van der Waals surface area contributed by atoms with Gasteiger partial charge in [-0.1, -0.05) is 83.4 Å². The van der Waals surface area contributed by atoms with Gasteiger partial charge in [0.15, 0.2) is 0 Å². The summed E-state index contributed by atoms with van der Waals surface area (Å²) >= 11 is 5.95. The smallest absolute Gasteiger partial charge is 0.303 e. The van der Waals surface area contributed by atoms with Crippen molar-refractivity contribution in [3.8, 4) is 0 Å².